The average molecular weight is 165 g/mol. The molecular formula is C5H8FNO4. The zero-order valence-electron chi connectivity index (χ0n) is 5.58. The Morgan fingerprint density at radius 3 is 2.27 bits per heavy atom. The van der Waals surface area contributed by atoms with E-state index in [4.69, 9.17) is 10.2 Å². The first-order chi connectivity index (χ1) is 5.07. The molecule has 0 aromatic rings. The molecule has 0 aliphatic rings. The first-order valence-electron chi connectivity index (χ1n) is 2.88. The van der Waals surface area contributed by atoms with Crippen LogP contribution in [0.2, 0.25) is 0 Å². The summed E-state index contributed by atoms with van der Waals surface area (Å²) in [4.78, 5) is 19.9. The van der Waals surface area contributed by atoms with Crippen molar-refractivity contribution in [1.29, 1.82) is 0 Å². The Labute approximate surface area is 61.8 Å². The van der Waals surface area contributed by atoms with E-state index < -0.39 is 18.0 Å². The van der Waals surface area contributed by atoms with Crippen molar-refractivity contribution in [2.24, 2.45) is 0 Å². The molecular weight excluding hydrogens is 157 g/mol. The van der Waals surface area contributed by atoms with Crippen LogP contribution in [0.4, 0.5) is 4.48 Å². The second-order valence-electron chi connectivity index (χ2n) is 1.93. The van der Waals surface area contributed by atoms with E-state index in [9.17, 15) is 14.1 Å². The number of hydrogen-bond donors (Lipinski definition) is 3. The van der Waals surface area contributed by atoms with Crippen LogP contribution < -0.4 is 5.54 Å². The fourth-order valence-corrected chi connectivity index (χ4v) is 0.493. The van der Waals surface area contributed by atoms with E-state index in [1.807, 2.05) is 0 Å². The number of carboxylic acids is 2. The smallest absolute Gasteiger partial charge is 0.323 e. The van der Waals surface area contributed by atoms with E-state index >= 15 is 0 Å². The van der Waals surface area contributed by atoms with Crippen molar-refractivity contribution in [3.05, 3.63) is 0 Å². The average Bonchev–Trinajstić information content (AvgIpc) is 1.87. The number of aliphatic carboxylic acids is 2. The van der Waals surface area contributed by atoms with Gasteiger partial charge in [0, 0.05) is 6.42 Å². The van der Waals surface area contributed by atoms with Crippen molar-refractivity contribution in [3.63, 3.8) is 0 Å². The number of carboxylic acid groups (broad SMARTS) is 2. The first kappa shape index (κ1) is 9.83. The van der Waals surface area contributed by atoms with Crippen LogP contribution in [0.5, 0.6) is 0 Å². The molecule has 0 aliphatic carbocycles. The highest BCUT2D eigenvalue weighted by Gasteiger charge is 2.17. The summed E-state index contributed by atoms with van der Waals surface area (Å²) < 4.78 is 11.5. The molecule has 1 unspecified atom stereocenters. The Kier molecular flexibility index (Phi) is 4.12. The Bertz CT molecular complexity index is 161. The van der Waals surface area contributed by atoms with Gasteiger partial charge in [-0.2, -0.15) is 0 Å². The lowest BCUT2D eigenvalue weighted by Gasteiger charge is -2.04. The minimum absolute atomic E-state index is 0.263. The van der Waals surface area contributed by atoms with E-state index in [1.54, 1.807) is 0 Å². The van der Waals surface area contributed by atoms with Gasteiger partial charge in [-0.1, -0.05) is 0 Å². The van der Waals surface area contributed by atoms with Crippen molar-refractivity contribution < 1.29 is 24.3 Å². The lowest BCUT2D eigenvalue weighted by atomic mass is 10.2. The largest absolute Gasteiger partial charge is 0.481 e. The van der Waals surface area contributed by atoms with Gasteiger partial charge in [0.05, 0.1) is 0 Å². The molecule has 0 heterocycles. The molecule has 0 saturated carbocycles. The lowest BCUT2D eigenvalue weighted by molar-refractivity contribution is -0.142. The van der Waals surface area contributed by atoms with Crippen LogP contribution >= 0.6 is 0 Å². The molecule has 64 valence electrons. The van der Waals surface area contributed by atoms with Gasteiger partial charge < -0.3 is 10.2 Å². The molecule has 3 N–H and O–H groups in total. The van der Waals surface area contributed by atoms with Crippen LogP contribution in [0.1, 0.15) is 12.8 Å². The minimum atomic E-state index is -1.42. The molecule has 0 fully saturated rings. The van der Waals surface area contributed by atoms with Crippen molar-refractivity contribution in [2.45, 2.75) is 18.9 Å². The second-order valence-corrected chi connectivity index (χ2v) is 1.93. The number of rotatable bonds is 5. The lowest BCUT2D eigenvalue weighted by Crippen LogP contribution is -2.31. The van der Waals surface area contributed by atoms with E-state index in [0.29, 0.717) is 0 Å². The first-order valence-corrected chi connectivity index (χ1v) is 2.88. The molecule has 6 heteroatoms. The number of nitrogens with one attached hydrogen (secondary N) is 1. The van der Waals surface area contributed by atoms with Crippen LogP contribution in [0.3, 0.4) is 0 Å². The van der Waals surface area contributed by atoms with Crippen LogP contribution in [0, 0.1) is 0 Å². The van der Waals surface area contributed by atoms with Gasteiger partial charge in [0.15, 0.2) is 0 Å². The summed E-state index contributed by atoms with van der Waals surface area (Å²) in [6.07, 6.45) is -0.630. The summed E-state index contributed by atoms with van der Waals surface area (Å²) in [6.45, 7) is 0. The molecule has 0 aromatic heterocycles. The molecule has 0 spiro atoms. The molecule has 11 heavy (non-hydrogen) atoms. The van der Waals surface area contributed by atoms with Crippen molar-refractivity contribution in [3.8, 4) is 0 Å². The van der Waals surface area contributed by atoms with Gasteiger partial charge in [-0.15, -0.1) is 10.0 Å². The highest BCUT2D eigenvalue weighted by Crippen LogP contribution is 1.97. The van der Waals surface area contributed by atoms with E-state index in [2.05, 4.69) is 0 Å². The van der Waals surface area contributed by atoms with Gasteiger partial charge in [0.25, 0.3) is 0 Å². The van der Waals surface area contributed by atoms with Crippen molar-refractivity contribution in [2.75, 3.05) is 0 Å². The van der Waals surface area contributed by atoms with Crippen LogP contribution in [0.15, 0.2) is 0 Å². The molecule has 5 nitrogen and oxygen atoms in total. The fourth-order valence-electron chi connectivity index (χ4n) is 0.493. The molecule has 0 aliphatic heterocycles. The normalized spacial score (nSPS) is 12.5. The van der Waals surface area contributed by atoms with Crippen LogP contribution in [-0.4, -0.2) is 28.2 Å². The van der Waals surface area contributed by atoms with E-state index in [0.717, 1.165) is 5.54 Å². The van der Waals surface area contributed by atoms with Crippen LogP contribution in [0.25, 0.3) is 0 Å². The Morgan fingerprint density at radius 2 is 2.00 bits per heavy atom. The molecule has 0 amide bonds. The summed E-state index contributed by atoms with van der Waals surface area (Å²) in [7, 11) is 0. The Morgan fingerprint density at radius 1 is 1.45 bits per heavy atom. The number of hydrogen-bond acceptors (Lipinski definition) is 3. The third-order valence-electron chi connectivity index (χ3n) is 1.08. The maximum atomic E-state index is 11.5. The predicted octanol–water partition coefficient (Wildman–Crippen LogP) is -0.222. The summed E-state index contributed by atoms with van der Waals surface area (Å²) in [6, 6.07) is -1.42. The fraction of sp³-hybridized carbons (Fsp3) is 0.600. The molecule has 0 rings (SSSR count). The van der Waals surface area contributed by atoms with Gasteiger partial charge in [0.1, 0.15) is 6.04 Å². The molecule has 0 aromatic carbocycles. The third-order valence-corrected chi connectivity index (χ3v) is 1.08. The number of carbonyl (C=O) groups is 2. The van der Waals surface area contributed by atoms with Crippen molar-refractivity contribution in [1.82, 2.24) is 5.54 Å². The van der Waals surface area contributed by atoms with Gasteiger partial charge in [-0.25, -0.2) is 0 Å². The zero-order chi connectivity index (χ0) is 8.85. The van der Waals surface area contributed by atoms with E-state index in [-0.39, 0.29) is 12.8 Å². The maximum absolute atomic E-state index is 11.5. The van der Waals surface area contributed by atoms with Gasteiger partial charge in [0.2, 0.25) is 0 Å². The third kappa shape index (κ3) is 4.26. The Balaban J connectivity index is 3.70. The second kappa shape index (κ2) is 4.62. The maximum Gasteiger partial charge on any atom is 0.323 e. The summed E-state index contributed by atoms with van der Waals surface area (Å²) in [5.41, 5.74) is 0.994. The van der Waals surface area contributed by atoms with E-state index in [1.165, 1.54) is 0 Å². The SMILES string of the molecule is O=C(O)CCC(NF)C(=O)O. The van der Waals surface area contributed by atoms with Gasteiger partial charge >= 0.3 is 11.9 Å². The standard InChI is InChI=1S/C5H8FNO4/c6-7-3(5(10)11)1-2-4(8)9/h3,7H,1-2H2,(H,8,9)(H,10,11). The Hall–Kier alpha value is -1.17. The highest BCUT2D eigenvalue weighted by atomic mass is 19.2. The zero-order valence-corrected chi connectivity index (χ0v) is 5.58. The molecule has 0 saturated heterocycles. The highest BCUT2D eigenvalue weighted by molar-refractivity contribution is 5.74. The monoisotopic (exact) mass is 165 g/mol. The number of halogens is 1. The molecule has 0 bridgehead atoms. The summed E-state index contributed by atoms with van der Waals surface area (Å²) in [5, 5.41) is 16.3. The summed E-state index contributed by atoms with van der Waals surface area (Å²) in [5.74, 6) is -2.54. The topological polar surface area (TPSA) is 86.6 Å². The van der Waals surface area contributed by atoms with Gasteiger partial charge in [-0.05, 0) is 6.42 Å². The minimum Gasteiger partial charge on any atom is -0.481 e. The molecule has 0 radical (unpaired) electrons. The van der Waals surface area contributed by atoms with Crippen molar-refractivity contribution >= 4 is 11.9 Å². The van der Waals surface area contributed by atoms with Gasteiger partial charge in [-0.3, -0.25) is 9.59 Å². The quantitative estimate of drug-likeness (QED) is 0.490. The molecule has 1 atom stereocenters. The van der Waals surface area contributed by atoms with Crippen LogP contribution in [-0.2, 0) is 9.59 Å². The predicted molar refractivity (Wildman–Crippen MR) is 32.5 cm³/mol. The summed E-state index contributed by atoms with van der Waals surface area (Å²) >= 11 is 0.